The van der Waals surface area contributed by atoms with Gasteiger partial charge in [0.05, 0.1) is 22.0 Å². The number of nitrogens with zero attached hydrogens (tertiary/aromatic N) is 2. The number of imidazole rings is 1. The minimum Gasteiger partial charge on any atom is -0.445 e. The second-order valence-corrected chi connectivity index (χ2v) is 7.40. The molecule has 1 aromatic carbocycles. The number of carbonyl (C=O) groups is 1. The molecule has 1 aromatic heterocycles. The topological polar surface area (TPSA) is 110 Å². The van der Waals surface area contributed by atoms with Crippen LogP contribution in [-0.4, -0.2) is 33.6 Å². The van der Waals surface area contributed by atoms with Crippen LogP contribution in [0.4, 0.5) is 5.69 Å². The van der Waals surface area contributed by atoms with Crippen LogP contribution in [0.25, 0.3) is 11.3 Å². The first kappa shape index (κ1) is 18.1. The fourth-order valence-electron chi connectivity index (χ4n) is 2.80. The Kier molecular flexibility index (Phi) is 4.78. The maximum absolute atomic E-state index is 12.2. The second kappa shape index (κ2) is 6.87. The summed E-state index contributed by atoms with van der Waals surface area (Å²) in [6.07, 6.45) is 2.14. The molecule has 1 fully saturated rings. The van der Waals surface area contributed by atoms with Gasteiger partial charge in [-0.25, -0.2) is 4.98 Å². The monoisotopic (exact) mass is 358 g/mol. The van der Waals surface area contributed by atoms with Crippen LogP contribution in [0.2, 0.25) is 0 Å². The van der Waals surface area contributed by atoms with E-state index in [0.29, 0.717) is 5.69 Å². The minimum atomic E-state index is -0.568. The predicted molar refractivity (Wildman–Crippen MR) is 95.4 cm³/mol. The molecule has 2 aromatic rings. The van der Waals surface area contributed by atoms with Gasteiger partial charge in [0.25, 0.3) is 5.69 Å². The molecule has 138 valence electrons. The summed E-state index contributed by atoms with van der Waals surface area (Å²) in [7, 11) is 0. The van der Waals surface area contributed by atoms with Crippen molar-refractivity contribution in [2.75, 3.05) is 6.54 Å². The Hall–Kier alpha value is -2.74. The lowest BCUT2D eigenvalue weighted by Gasteiger charge is -2.23. The molecule has 1 aliphatic rings. The van der Waals surface area contributed by atoms with Crippen LogP contribution in [0.15, 0.2) is 30.5 Å². The summed E-state index contributed by atoms with van der Waals surface area (Å²) in [5.41, 5.74) is 0.954. The fourth-order valence-corrected chi connectivity index (χ4v) is 2.80. The van der Waals surface area contributed by atoms with Crippen molar-refractivity contribution in [3.05, 3.63) is 46.4 Å². The Morgan fingerprint density at radius 2 is 2.00 bits per heavy atom. The summed E-state index contributed by atoms with van der Waals surface area (Å²) in [5, 5.41) is 14.0. The number of hydrogen-bond acceptors (Lipinski definition) is 6. The van der Waals surface area contributed by atoms with Crippen LogP contribution in [-0.2, 0) is 9.53 Å². The van der Waals surface area contributed by atoms with Gasteiger partial charge in [0.1, 0.15) is 5.82 Å². The van der Waals surface area contributed by atoms with Crippen LogP contribution < -0.4 is 5.32 Å². The summed E-state index contributed by atoms with van der Waals surface area (Å²) in [6, 6.07) is 6.24. The Labute approximate surface area is 151 Å². The van der Waals surface area contributed by atoms with Crippen molar-refractivity contribution in [2.24, 2.45) is 5.41 Å². The van der Waals surface area contributed by atoms with Gasteiger partial charge in [0.2, 0.25) is 0 Å². The van der Waals surface area contributed by atoms with Gasteiger partial charge in [-0.15, -0.1) is 0 Å². The van der Waals surface area contributed by atoms with E-state index in [2.05, 4.69) is 15.3 Å². The molecule has 0 bridgehead atoms. The third-order valence-electron chi connectivity index (χ3n) is 4.34. The number of nitro benzene ring substituents is 1. The Balaban J connectivity index is 1.76. The number of H-pyrrole nitrogens is 1. The van der Waals surface area contributed by atoms with Gasteiger partial charge in [-0.2, -0.15) is 0 Å². The number of hydrogen-bond donors (Lipinski definition) is 2. The van der Waals surface area contributed by atoms with E-state index < -0.39 is 16.6 Å². The number of benzene rings is 1. The van der Waals surface area contributed by atoms with Gasteiger partial charge < -0.3 is 9.72 Å². The molecule has 8 nitrogen and oxygen atoms in total. The zero-order chi connectivity index (χ0) is 18.9. The van der Waals surface area contributed by atoms with Gasteiger partial charge in [-0.3, -0.25) is 20.2 Å². The number of aromatic nitrogens is 2. The Morgan fingerprint density at radius 3 is 2.62 bits per heavy atom. The second-order valence-electron chi connectivity index (χ2n) is 7.40. The van der Waals surface area contributed by atoms with Crippen LogP contribution in [0, 0.1) is 15.5 Å². The van der Waals surface area contributed by atoms with Crippen molar-refractivity contribution in [3.8, 4) is 11.3 Å². The van der Waals surface area contributed by atoms with E-state index in [4.69, 9.17) is 4.74 Å². The van der Waals surface area contributed by atoms with Crippen molar-refractivity contribution in [2.45, 2.75) is 39.3 Å². The molecule has 2 N–H and O–H groups in total. The number of non-ortho nitro benzene ring substituents is 1. The molecule has 2 atom stereocenters. The number of rotatable bonds is 4. The van der Waals surface area contributed by atoms with Crippen molar-refractivity contribution in [1.82, 2.24) is 15.3 Å². The van der Waals surface area contributed by atoms with Gasteiger partial charge in [-0.05, 0) is 45.9 Å². The minimum absolute atomic E-state index is 0.0404. The maximum atomic E-state index is 12.2. The molecule has 8 heteroatoms. The van der Waals surface area contributed by atoms with E-state index in [9.17, 15) is 14.9 Å². The predicted octanol–water partition coefficient (Wildman–Crippen LogP) is 2.98. The van der Waals surface area contributed by atoms with Crippen molar-refractivity contribution >= 4 is 11.7 Å². The van der Waals surface area contributed by atoms with Gasteiger partial charge >= 0.3 is 5.97 Å². The average molecular weight is 358 g/mol. The number of nitrogens with one attached hydrogen (secondary N) is 2. The Bertz CT molecular complexity index is 807. The molecule has 0 amide bonds. The van der Waals surface area contributed by atoms with E-state index in [0.717, 1.165) is 24.4 Å². The maximum Gasteiger partial charge on any atom is 0.312 e. The molecule has 1 aliphatic heterocycles. The van der Waals surface area contributed by atoms with Gasteiger partial charge in [0.15, 0.2) is 6.23 Å². The Morgan fingerprint density at radius 1 is 1.31 bits per heavy atom. The van der Waals surface area contributed by atoms with Crippen molar-refractivity contribution in [3.63, 3.8) is 0 Å². The molecule has 3 rings (SSSR count). The number of carbonyl (C=O) groups excluding carboxylic acids is 1. The van der Waals surface area contributed by atoms with Gasteiger partial charge in [-0.1, -0.05) is 0 Å². The standard InChI is InChI=1S/C18H22N4O4/c1-18(2,3)17(23)26-16-13(8-9-19-16)15-20-10-14(21-15)11-4-6-12(7-5-11)22(24)25/h4-7,10,13,16,19H,8-9H2,1-3H3,(H,20,21)/t13-,16?/m0/s1. The van der Waals surface area contributed by atoms with Crippen LogP contribution in [0.3, 0.4) is 0 Å². The third kappa shape index (κ3) is 3.75. The fraction of sp³-hybridized carbons (Fsp3) is 0.444. The number of ether oxygens (including phenoxy) is 1. The highest BCUT2D eigenvalue weighted by Crippen LogP contribution is 2.30. The van der Waals surface area contributed by atoms with E-state index in [1.165, 1.54) is 12.1 Å². The molecular weight excluding hydrogens is 336 g/mol. The molecule has 0 radical (unpaired) electrons. The highest BCUT2D eigenvalue weighted by Gasteiger charge is 2.36. The zero-order valence-corrected chi connectivity index (χ0v) is 15.0. The summed E-state index contributed by atoms with van der Waals surface area (Å²) in [4.78, 5) is 30.2. The molecule has 2 heterocycles. The van der Waals surface area contributed by atoms with Gasteiger partial charge in [0, 0.05) is 23.9 Å². The number of nitro groups is 1. The summed E-state index contributed by atoms with van der Waals surface area (Å²) >= 11 is 0. The lowest BCUT2D eigenvalue weighted by atomic mass is 9.97. The average Bonchev–Trinajstić information content (AvgIpc) is 3.23. The van der Waals surface area contributed by atoms with Crippen molar-refractivity contribution < 1.29 is 14.5 Å². The smallest absolute Gasteiger partial charge is 0.312 e. The first-order chi connectivity index (χ1) is 12.3. The molecule has 26 heavy (non-hydrogen) atoms. The molecule has 1 unspecified atom stereocenters. The normalized spacial score (nSPS) is 20.1. The van der Waals surface area contributed by atoms with E-state index in [-0.39, 0.29) is 17.6 Å². The van der Waals surface area contributed by atoms with Crippen LogP contribution >= 0.6 is 0 Å². The first-order valence-electron chi connectivity index (χ1n) is 8.50. The summed E-state index contributed by atoms with van der Waals surface area (Å²) in [5.74, 6) is 0.409. The molecule has 0 aliphatic carbocycles. The summed E-state index contributed by atoms with van der Waals surface area (Å²) < 4.78 is 5.61. The SMILES string of the molecule is CC(C)(C)C(=O)OC1NCC[C@H]1c1nc(-c2ccc([N+](=O)[O-])cc2)c[nH]1. The lowest BCUT2D eigenvalue weighted by Crippen LogP contribution is -2.36. The van der Waals surface area contributed by atoms with E-state index >= 15 is 0 Å². The molecule has 0 saturated carbocycles. The lowest BCUT2D eigenvalue weighted by molar-refractivity contribution is -0.384. The largest absolute Gasteiger partial charge is 0.445 e. The van der Waals surface area contributed by atoms with E-state index in [1.54, 1.807) is 18.3 Å². The third-order valence-corrected chi connectivity index (χ3v) is 4.34. The molecule has 0 spiro atoms. The highest BCUT2D eigenvalue weighted by molar-refractivity contribution is 5.75. The van der Waals surface area contributed by atoms with E-state index in [1.807, 2.05) is 20.8 Å². The molecule has 1 saturated heterocycles. The zero-order valence-electron chi connectivity index (χ0n) is 15.0. The van der Waals surface area contributed by atoms with Crippen LogP contribution in [0.5, 0.6) is 0 Å². The van der Waals surface area contributed by atoms with Crippen LogP contribution in [0.1, 0.15) is 38.9 Å². The number of esters is 1. The first-order valence-corrected chi connectivity index (χ1v) is 8.50. The quantitative estimate of drug-likeness (QED) is 0.494. The molecular formula is C18H22N4O4. The number of aromatic amines is 1. The summed E-state index contributed by atoms with van der Waals surface area (Å²) in [6.45, 7) is 6.19. The van der Waals surface area contributed by atoms with Crippen molar-refractivity contribution in [1.29, 1.82) is 0 Å². The highest BCUT2D eigenvalue weighted by atomic mass is 16.6.